The van der Waals surface area contributed by atoms with E-state index < -0.39 is 13.3 Å². The molecule has 2 aliphatic carbocycles. The predicted molar refractivity (Wildman–Crippen MR) is 246 cm³/mol. The van der Waals surface area contributed by atoms with Crippen molar-refractivity contribution >= 4 is 28.7 Å². The van der Waals surface area contributed by atoms with Crippen LogP contribution in [0.1, 0.15) is 68.6 Å². The van der Waals surface area contributed by atoms with Gasteiger partial charge in [-0.3, -0.25) is 4.98 Å². The largest absolute Gasteiger partial charge is 0 e. The number of hydrogen-bond donors (Lipinski definition) is 0. The Kier molecular flexibility index (Phi) is 11.8. The number of hydrogen-bond acceptors (Lipinski definition) is 2. The summed E-state index contributed by atoms with van der Waals surface area (Å²) in [4.78, 5) is 9.88. The second kappa shape index (κ2) is 17.0. The number of pyridine rings is 1. The number of imidazole rings is 1. The molecular weight excluding hydrogens is 955 g/mol. The van der Waals surface area contributed by atoms with Crippen molar-refractivity contribution in [2.75, 3.05) is 0 Å². The van der Waals surface area contributed by atoms with E-state index in [1.807, 2.05) is 18.2 Å². The average Bonchev–Trinajstić information content (AvgIpc) is 3.77. The molecule has 1 saturated carbocycles. The Bertz CT molecular complexity index is 2700. The third kappa shape index (κ3) is 8.08. The number of para-hydroxylation sites is 2. The molecule has 3 nitrogen and oxygen atoms in total. The van der Waals surface area contributed by atoms with Crippen LogP contribution in [0.25, 0.3) is 61.6 Å². The molecule has 0 bridgehead atoms. The van der Waals surface area contributed by atoms with Gasteiger partial charge in [0, 0.05) is 25.8 Å². The van der Waals surface area contributed by atoms with Crippen molar-refractivity contribution < 1.29 is 20.1 Å². The van der Waals surface area contributed by atoms with Crippen LogP contribution in [-0.2, 0) is 25.5 Å². The molecule has 59 heavy (non-hydrogen) atoms. The molecule has 0 amide bonds. The molecule has 0 saturated heterocycles. The first-order chi connectivity index (χ1) is 28.2. The fourth-order valence-electron chi connectivity index (χ4n) is 9.22. The van der Waals surface area contributed by atoms with Gasteiger partial charge >= 0.3 is 137 Å². The van der Waals surface area contributed by atoms with E-state index in [0.29, 0.717) is 0 Å². The van der Waals surface area contributed by atoms with Crippen molar-refractivity contribution in [3.05, 3.63) is 181 Å². The maximum absolute atomic E-state index is 5.09. The Morgan fingerprint density at radius 2 is 1.36 bits per heavy atom. The molecule has 0 spiro atoms. The van der Waals surface area contributed by atoms with Gasteiger partial charge in [-0.25, -0.2) is 0 Å². The molecule has 8 aromatic rings. The molecule has 0 unspecified atom stereocenters. The summed E-state index contributed by atoms with van der Waals surface area (Å²) in [5.41, 5.74) is 15.7. The zero-order chi connectivity index (χ0) is 39.9. The second-order valence-electron chi connectivity index (χ2n) is 17.5. The van der Waals surface area contributed by atoms with E-state index >= 15 is 0 Å². The topological polar surface area (TPSA) is 30.7 Å². The first kappa shape index (κ1) is 40.9. The zero-order valence-corrected chi connectivity index (χ0v) is 39.2. The van der Waals surface area contributed by atoms with E-state index in [2.05, 4.69) is 181 Å². The van der Waals surface area contributed by atoms with Gasteiger partial charge in [0.05, 0.1) is 16.9 Å². The molecule has 0 aliphatic heterocycles. The van der Waals surface area contributed by atoms with Gasteiger partial charge in [0.25, 0.3) is 0 Å². The smallest absolute Gasteiger partial charge is 0 e. The number of aromatic nitrogens is 3. The molecule has 1 fully saturated rings. The van der Waals surface area contributed by atoms with Crippen LogP contribution in [0.2, 0.25) is 17.3 Å². The van der Waals surface area contributed by atoms with Gasteiger partial charge < -0.3 is 4.57 Å². The monoisotopic (exact) mass is 1010 g/mol. The SMILES string of the molecule is CC1(C)c2c[c-]c(-c3nc4ccccc4n3-c3ccc(-c4ccccc4)cc3)cc2-c2ccccc21.[CH3][Ge]([CH3])([CH3])[c]1cnc(-c2[c-]cccc2)cc1C1CCCCC1.[Ir]. The van der Waals surface area contributed by atoms with Gasteiger partial charge in [-0.1, -0.05) is 98.3 Å². The van der Waals surface area contributed by atoms with Crippen molar-refractivity contribution in [2.24, 2.45) is 0 Å². The quantitative estimate of drug-likeness (QED) is 0.123. The molecule has 5 heteroatoms. The van der Waals surface area contributed by atoms with Crippen LogP contribution < -0.4 is 4.40 Å². The molecule has 297 valence electrons. The van der Waals surface area contributed by atoms with E-state index in [1.165, 1.54) is 65.5 Å². The van der Waals surface area contributed by atoms with Crippen LogP contribution in [0, 0.1) is 12.1 Å². The fourth-order valence-corrected chi connectivity index (χ4v) is 12.6. The van der Waals surface area contributed by atoms with Crippen molar-refractivity contribution in [1.82, 2.24) is 14.5 Å². The standard InChI is InChI=1S/C34H25N2.C20H26GeN.Ir/c1-34(2)29-13-7-6-12-27(29)28-22-25(18-21-30(28)34)33-35-31-14-8-9-15-32(31)36(33)26-19-16-24(17-20-26)23-10-4-3-5-11-23;1-21(2,3)19-15-22-20(17-12-8-5-9-13-17)14-18(19)16-10-6-4-7-11-16;/h3-17,19-22H,1-2H3;5,8-9,12,14-16H,4,6-7,10-11H2,1-3H3;/q2*-1;. The van der Waals surface area contributed by atoms with Crippen molar-refractivity contribution in [3.8, 4) is 50.6 Å². The van der Waals surface area contributed by atoms with E-state index in [0.717, 1.165) is 45.3 Å². The van der Waals surface area contributed by atoms with Crippen LogP contribution in [0.15, 0.2) is 152 Å². The number of nitrogens with zero attached hydrogens (tertiary/aromatic N) is 3. The number of fused-ring (bicyclic) bond motifs is 4. The summed E-state index contributed by atoms with van der Waals surface area (Å²) in [7, 11) is 0. The summed E-state index contributed by atoms with van der Waals surface area (Å²) < 4.78 is 3.86. The summed E-state index contributed by atoms with van der Waals surface area (Å²) in [6, 6.07) is 58.3. The van der Waals surface area contributed by atoms with Crippen LogP contribution in [-0.4, -0.2) is 27.8 Å². The van der Waals surface area contributed by atoms with Crippen molar-refractivity contribution in [2.45, 2.75) is 74.6 Å². The minimum absolute atomic E-state index is 0. The number of benzene rings is 6. The predicted octanol–water partition coefficient (Wildman–Crippen LogP) is 13.6. The molecule has 2 heterocycles. The first-order valence-corrected chi connectivity index (χ1v) is 28.3. The van der Waals surface area contributed by atoms with Crippen LogP contribution in [0.4, 0.5) is 0 Å². The Labute approximate surface area is 366 Å². The Hall–Kier alpha value is -4.87. The second-order valence-corrected chi connectivity index (χ2v) is 28.1. The third-order valence-corrected chi connectivity index (χ3v) is 16.6. The maximum Gasteiger partial charge on any atom is 0 e. The van der Waals surface area contributed by atoms with Gasteiger partial charge in [-0.15, -0.1) is 29.3 Å². The van der Waals surface area contributed by atoms with Gasteiger partial charge in [0.1, 0.15) is 0 Å². The molecular formula is C54H51GeIrN3-2. The average molecular weight is 1010 g/mol. The minimum Gasteiger partial charge on any atom is 0 e. The Balaban J connectivity index is 0.000000181. The Morgan fingerprint density at radius 1 is 0.661 bits per heavy atom. The van der Waals surface area contributed by atoms with E-state index in [1.54, 1.807) is 9.96 Å². The first-order valence-electron chi connectivity index (χ1n) is 20.9. The third-order valence-electron chi connectivity index (χ3n) is 12.3. The summed E-state index contributed by atoms with van der Waals surface area (Å²) in [5, 5.41) is 0. The molecule has 2 aromatic heterocycles. The zero-order valence-electron chi connectivity index (χ0n) is 34.7. The van der Waals surface area contributed by atoms with E-state index in [4.69, 9.17) is 9.97 Å². The maximum atomic E-state index is 5.09. The molecule has 2 aliphatic rings. The summed E-state index contributed by atoms with van der Waals surface area (Å²) in [5.74, 6) is 9.11. The Morgan fingerprint density at radius 3 is 2.10 bits per heavy atom. The van der Waals surface area contributed by atoms with Gasteiger partial charge in [-0.2, -0.15) is 0 Å². The molecule has 10 rings (SSSR count). The van der Waals surface area contributed by atoms with Crippen LogP contribution >= 0.6 is 0 Å². The summed E-state index contributed by atoms with van der Waals surface area (Å²) >= 11 is -1.89. The molecule has 0 atom stereocenters. The van der Waals surface area contributed by atoms with Gasteiger partial charge in [0.15, 0.2) is 0 Å². The fraction of sp³-hybridized carbons (Fsp3) is 0.222. The summed E-state index contributed by atoms with van der Waals surface area (Å²) in [6.45, 7) is 4.60. The molecule has 0 N–H and O–H groups in total. The molecule has 1 radical (unpaired) electrons. The van der Waals surface area contributed by atoms with Gasteiger partial charge in [0.2, 0.25) is 0 Å². The van der Waals surface area contributed by atoms with Crippen molar-refractivity contribution in [1.29, 1.82) is 0 Å². The number of rotatable bonds is 6. The minimum atomic E-state index is -1.89. The molecule has 6 aromatic carbocycles. The van der Waals surface area contributed by atoms with E-state index in [9.17, 15) is 0 Å². The van der Waals surface area contributed by atoms with Gasteiger partial charge in [-0.05, 0) is 51.9 Å². The van der Waals surface area contributed by atoms with E-state index in [-0.39, 0.29) is 25.5 Å². The van der Waals surface area contributed by atoms with Crippen LogP contribution in [0.3, 0.4) is 0 Å². The van der Waals surface area contributed by atoms with Crippen LogP contribution in [0.5, 0.6) is 0 Å². The van der Waals surface area contributed by atoms with Crippen molar-refractivity contribution in [3.63, 3.8) is 0 Å². The summed E-state index contributed by atoms with van der Waals surface area (Å²) in [6.07, 6.45) is 9.08. The normalized spacial score (nSPS) is 14.5.